The molecule has 606 valence electrons. The van der Waals surface area contributed by atoms with Crippen molar-refractivity contribution in [1.29, 1.82) is 0 Å². The predicted molar refractivity (Wildman–Crippen MR) is 513 cm³/mol. The molecular weight excluding hydrogens is 1580 g/mol. The number of rotatable bonds is 15. The summed E-state index contributed by atoms with van der Waals surface area (Å²) in [7, 11) is 0. The van der Waals surface area contributed by atoms with Gasteiger partial charge in [0.2, 0.25) is 0 Å². The van der Waals surface area contributed by atoms with Crippen LogP contribution in [-0.4, -0.2) is 74.8 Å². The third kappa shape index (κ3) is 16.0. The van der Waals surface area contributed by atoms with Crippen LogP contribution >= 0.6 is 0 Å². The highest BCUT2D eigenvalue weighted by Crippen LogP contribution is 2.45. The van der Waals surface area contributed by atoms with E-state index < -0.39 is 0 Å². The maximum absolute atomic E-state index is 5.02. The number of pyridine rings is 6. The molecular formula is C114H75N15. The van der Waals surface area contributed by atoms with Gasteiger partial charge in [-0.1, -0.05) is 309 Å². The van der Waals surface area contributed by atoms with Gasteiger partial charge in [0.25, 0.3) is 0 Å². The molecule has 0 atom stereocenters. The lowest BCUT2D eigenvalue weighted by molar-refractivity contribution is 1.07. The maximum atomic E-state index is 5.02. The smallest absolute Gasteiger partial charge is 0.164 e. The first-order chi connectivity index (χ1) is 63.9. The van der Waals surface area contributed by atoms with Crippen LogP contribution in [0.4, 0.5) is 0 Å². The Balaban J connectivity index is 0.000000114. The summed E-state index contributed by atoms with van der Waals surface area (Å²) in [6.07, 6.45) is 15.7. The third-order valence-electron chi connectivity index (χ3n) is 23.7. The number of fused-ring (bicyclic) bond motifs is 9. The largest absolute Gasteiger partial charge is 0.264 e. The highest BCUT2D eigenvalue weighted by molar-refractivity contribution is 5.88. The van der Waals surface area contributed by atoms with Gasteiger partial charge in [-0.15, -0.1) is 0 Å². The zero-order chi connectivity index (χ0) is 85.8. The summed E-state index contributed by atoms with van der Waals surface area (Å²) in [6, 6.07) is 128. The Bertz CT molecular complexity index is 7640. The molecule has 0 spiro atoms. The molecule has 9 heterocycles. The molecule has 0 unspecified atom stereocenters. The average molecular weight is 1650 g/mol. The lowest BCUT2D eigenvalue weighted by Crippen LogP contribution is -2.00. The molecule has 129 heavy (non-hydrogen) atoms. The van der Waals surface area contributed by atoms with Crippen molar-refractivity contribution in [2.75, 3.05) is 0 Å². The van der Waals surface area contributed by atoms with Crippen molar-refractivity contribution in [3.8, 4) is 203 Å². The van der Waals surface area contributed by atoms with Gasteiger partial charge in [0.05, 0.1) is 28.5 Å². The van der Waals surface area contributed by atoms with Gasteiger partial charge in [0, 0.05) is 141 Å². The SMILES string of the molecule is c1ccc(-c2cccc(-c3nc(-c4ccccc4)nc(-c4cccc(-c5nccc6c5Cc5cnccc5-6)c4)n3)c2)cc1.c1ccc(-c2nc(-c3ccccc3)nc(-c3cccc(-c4ccc(-c5nccc6c5Cc5ncccc5-6)cc4)c3)n2)cc1.c1ccc(-c2nc(-c3ccccc3)nc(-c3cccc(-c4cccc(-c5nccc6c5Cc5ncccc5-6)c4)c3)n2)cc1. The summed E-state index contributed by atoms with van der Waals surface area (Å²) in [5.74, 6) is 5.77. The number of aromatic nitrogens is 15. The molecule has 3 aliphatic carbocycles. The zero-order valence-corrected chi connectivity index (χ0v) is 69.7. The molecule has 9 aromatic heterocycles. The second-order valence-electron chi connectivity index (χ2n) is 31.7. The maximum Gasteiger partial charge on any atom is 0.164 e. The molecule has 0 aliphatic heterocycles. The second kappa shape index (κ2) is 34.7. The van der Waals surface area contributed by atoms with E-state index in [0.717, 1.165) is 148 Å². The molecule has 0 bridgehead atoms. The topological polar surface area (TPSA) is 193 Å². The van der Waals surface area contributed by atoms with E-state index in [9.17, 15) is 0 Å². The molecule has 21 aromatic rings. The first-order valence-electron chi connectivity index (χ1n) is 42.9. The fourth-order valence-electron chi connectivity index (χ4n) is 17.4. The molecule has 0 radical (unpaired) electrons. The molecule has 0 saturated carbocycles. The zero-order valence-electron chi connectivity index (χ0n) is 69.7. The van der Waals surface area contributed by atoms with Crippen LogP contribution in [0.5, 0.6) is 0 Å². The molecule has 15 nitrogen and oxygen atoms in total. The lowest BCUT2D eigenvalue weighted by Gasteiger charge is -2.11. The predicted octanol–water partition coefficient (Wildman–Crippen LogP) is 25.7. The van der Waals surface area contributed by atoms with Crippen LogP contribution in [-0.2, 0) is 19.3 Å². The Morgan fingerprint density at radius 2 is 0.411 bits per heavy atom. The lowest BCUT2D eigenvalue weighted by atomic mass is 9.97. The number of hydrogen-bond donors (Lipinski definition) is 0. The van der Waals surface area contributed by atoms with Crippen molar-refractivity contribution in [2.24, 2.45) is 0 Å². The van der Waals surface area contributed by atoms with Crippen molar-refractivity contribution in [2.45, 2.75) is 19.3 Å². The minimum absolute atomic E-state index is 0.621. The summed E-state index contributed by atoms with van der Waals surface area (Å²) in [6.45, 7) is 0. The minimum atomic E-state index is 0.621. The molecule has 0 fully saturated rings. The van der Waals surface area contributed by atoms with Gasteiger partial charge in [0.1, 0.15) is 0 Å². The summed E-state index contributed by atoms with van der Waals surface area (Å²) in [4.78, 5) is 72.2. The Hall–Kier alpha value is -17.4. The van der Waals surface area contributed by atoms with E-state index in [1.165, 1.54) is 55.6 Å². The van der Waals surface area contributed by atoms with E-state index in [-0.39, 0.29) is 0 Å². The molecule has 24 rings (SSSR count). The minimum Gasteiger partial charge on any atom is -0.264 e. The number of hydrogen-bond acceptors (Lipinski definition) is 15. The quantitative estimate of drug-likeness (QED) is 0.0940. The molecule has 15 heteroatoms. The second-order valence-corrected chi connectivity index (χ2v) is 31.7. The van der Waals surface area contributed by atoms with Crippen LogP contribution in [0, 0.1) is 0 Å². The van der Waals surface area contributed by atoms with E-state index in [1.54, 1.807) is 0 Å². The fourth-order valence-corrected chi connectivity index (χ4v) is 17.4. The van der Waals surface area contributed by atoms with Crippen LogP contribution in [0.15, 0.2) is 419 Å². The van der Waals surface area contributed by atoms with E-state index in [0.29, 0.717) is 52.4 Å². The summed E-state index contributed by atoms with van der Waals surface area (Å²) in [5.41, 5.74) is 35.8. The molecule has 0 amide bonds. The third-order valence-corrected chi connectivity index (χ3v) is 23.7. The Morgan fingerprint density at radius 3 is 0.775 bits per heavy atom. The van der Waals surface area contributed by atoms with Gasteiger partial charge in [-0.3, -0.25) is 29.9 Å². The van der Waals surface area contributed by atoms with Crippen molar-refractivity contribution in [3.63, 3.8) is 0 Å². The monoisotopic (exact) mass is 1650 g/mol. The van der Waals surface area contributed by atoms with Gasteiger partial charge in [-0.2, -0.15) is 0 Å². The number of benzene rings is 12. The fraction of sp³-hybridized carbons (Fsp3) is 0.0263. The van der Waals surface area contributed by atoms with E-state index in [1.807, 2.05) is 213 Å². The van der Waals surface area contributed by atoms with E-state index >= 15 is 0 Å². The van der Waals surface area contributed by atoms with Gasteiger partial charge in [0.15, 0.2) is 52.4 Å². The average Bonchev–Trinajstić information content (AvgIpc) is 1.63. The Labute approximate surface area is 745 Å². The van der Waals surface area contributed by atoms with Crippen molar-refractivity contribution in [1.82, 2.24) is 74.8 Å². The Kier molecular flexibility index (Phi) is 20.9. The van der Waals surface area contributed by atoms with Crippen LogP contribution in [0.1, 0.15) is 33.6 Å². The van der Waals surface area contributed by atoms with Gasteiger partial charge in [-0.25, -0.2) is 44.9 Å². The van der Waals surface area contributed by atoms with Crippen LogP contribution in [0.2, 0.25) is 0 Å². The van der Waals surface area contributed by atoms with E-state index in [2.05, 4.69) is 221 Å². The molecule has 0 N–H and O–H groups in total. The van der Waals surface area contributed by atoms with Crippen LogP contribution < -0.4 is 0 Å². The van der Waals surface area contributed by atoms with Gasteiger partial charge >= 0.3 is 0 Å². The summed E-state index contributed by atoms with van der Waals surface area (Å²) >= 11 is 0. The first-order valence-corrected chi connectivity index (χ1v) is 42.9. The van der Waals surface area contributed by atoms with Gasteiger partial charge < -0.3 is 0 Å². The van der Waals surface area contributed by atoms with Crippen molar-refractivity contribution < 1.29 is 0 Å². The van der Waals surface area contributed by atoms with Crippen molar-refractivity contribution in [3.05, 3.63) is 453 Å². The number of nitrogens with zero attached hydrogens (tertiary/aromatic N) is 15. The van der Waals surface area contributed by atoms with E-state index in [4.69, 9.17) is 59.8 Å². The normalized spacial score (nSPS) is 11.6. The standard InChI is InChI=1S/3C38H25N5/c1-3-10-25(11-4-1)36-41-37(26-12-5-2-6-13-26)43-38(42-36)30-17-8-15-28(23-30)27-14-7-16-29(22-27)35-33-24-34-32(18-9-20-39-34)31(33)19-21-40-35;1-3-9-25(10-4-1)27-13-7-15-29(21-27)37-41-36(26-11-5-2-6-12-26)42-38(43-37)30-16-8-14-28(22-30)35-34-23-31-24-39-19-17-32(31)33(34)18-20-40-35;1-3-9-27(10-4-1)36-41-37(28-11-5-2-6-12-28)43-38(42-36)30-14-7-13-29(23-30)25-16-18-26(19-17-25)35-33-24-34-32(15-8-21-39-34)31(33)20-22-40-35/h1-23H,24H2;1-22,24H,23H2;1-23H,24H2. The Morgan fingerprint density at radius 1 is 0.155 bits per heavy atom. The molecule has 3 aliphatic rings. The van der Waals surface area contributed by atoms with Crippen LogP contribution in [0.25, 0.3) is 203 Å². The first kappa shape index (κ1) is 77.6. The van der Waals surface area contributed by atoms with Crippen molar-refractivity contribution >= 4 is 0 Å². The molecule has 0 saturated heterocycles. The van der Waals surface area contributed by atoms with Gasteiger partial charge in [-0.05, 0) is 145 Å². The highest BCUT2D eigenvalue weighted by Gasteiger charge is 2.28. The summed E-state index contributed by atoms with van der Waals surface area (Å²) in [5, 5.41) is 0. The highest BCUT2D eigenvalue weighted by atomic mass is 15.1. The summed E-state index contributed by atoms with van der Waals surface area (Å²) < 4.78 is 0. The van der Waals surface area contributed by atoms with Crippen LogP contribution in [0.3, 0.4) is 0 Å². The molecule has 12 aromatic carbocycles.